The van der Waals surface area contributed by atoms with Gasteiger partial charge in [0.15, 0.2) is 29.3 Å². The first-order chi connectivity index (χ1) is 28.8. The number of aliphatic hydroxyl groups is 2. The van der Waals surface area contributed by atoms with Crippen LogP contribution >= 0.6 is 0 Å². The Hall–Kier alpha value is -5.94. The predicted molar refractivity (Wildman–Crippen MR) is 221 cm³/mol. The summed E-state index contributed by atoms with van der Waals surface area (Å²) in [5.41, 5.74) is 3.85. The fourth-order valence-corrected chi connectivity index (χ4v) is 7.63. The molecular formula is C43H52N10O6. The molecule has 2 aromatic heterocycles. The maximum Gasteiger partial charge on any atom is 0.314 e. The van der Waals surface area contributed by atoms with Crippen LogP contribution in [0.15, 0.2) is 97.3 Å². The maximum absolute atomic E-state index is 13.6. The molecule has 7 rings (SSSR count). The molecule has 59 heavy (non-hydrogen) atoms. The van der Waals surface area contributed by atoms with Crippen molar-refractivity contribution in [2.45, 2.75) is 56.8 Å². The Balaban J connectivity index is 1.01. The van der Waals surface area contributed by atoms with Crippen molar-refractivity contribution in [3.63, 3.8) is 0 Å². The fourth-order valence-electron chi connectivity index (χ4n) is 7.63. The van der Waals surface area contributed by atoms with Gasteiger partial charge in [0.05, 0.1) is 6.33 Å². The van der Waals surface area contributed by atoms with E-state index < -0.39 is 36.4 Å². The van der Waals surface area contributed by atoms with Gasteiger partial charge in [0.25, 0.3) is 11.8 Å². The maximum atomic E-state index is 13.6. The molecule has 4 heterocycles. The van der Waals surface area contributed by atoms with Gasteiger partial charge in [-0.25, -0.2) is 19.7 Å². The first-order valence-electron chi connectivity index (χ1n) is 20.2. The summed E-state index contributed by atoms with van der Waals surface area (Å²) in [5, 5.41) is 36.3. The number of ether oxygens (including phenoxy) is 1. The average Bonchev–Trinajstić information content (AvgIpc) is 3.82. The second-order valence-electron chi connectivity index (χ2n) is 14.9. The van der Waals surface area contributed by atoms with Gasteiger partial charge in [0, 0.05) is 45.2 Å². The van der Waals surface area contributed by atoms with Crippen LogP contribution in [0, 0.1) is 5.92 Å². The Labute approximate surface area is 342 Å². The van der Waals surface area contributed by atoms with E-state index in [0.29, 0.717) is 25.6 Å². The summed E-state index contributed by atoms with van der Waals surface area (Å²) in [6.07, 6.45) is -2.23. The number of rotatable bonds is 16. The molecule has 5 aromatic rings. The van der Waals surface area contributed by atoms with Gasteiger partial charge in [-0.3, -0.25) is 19.1 Å². The molecule has 4 amide bonds. The molecule has 2 aliphatic heterocycles. The minimum atomic E-state index is -1.52. The van der Waals surface area contributed by atoms with E-state index in [9.17, 15) is 24.6 Å². The zero-order valence-corrected chi connectivity index (χ0v) is 33.0. The number of anilines is 1. The largest absolute Gasteiger partial charge is 0.387 e. The second-order valence-corrected chi connectivity index (χ2v) is 14.9. The van der Waals surface area contributed by atoms with Gasteiger partial charge >= 0.3 is 6.03 Å². The highest BCUT2D eigenvalue weighted by atomic mass is 16.6. The van der Waals surface area contributed by atoms with E-state index in [4.69, 9.17) is 4.74 Å². The molecule has 310 valence electrons. The summed E-state index contributed by atoms with van der Waals surface area (Å²) < 4.78 is 7.26. The number of carbonyl (C=O) groups excluding carboxylic acids is 3. The Morgan fingerprint density at radius 2 is 1.46 bits per heavy atom. The molecule has 2 fully saturated rings. The van der Waals surface area contributed by atoms with Crippen molar-refractivity contribution in [3.8, 4) is 0 Å². The molecule has 7 N–H and O–H groups in total. The molecule has 0 saturated carbocycles. The average molecular weight is 805 g/mol. The summed E-state index contributed by atoms with van der Waals surface area (Å²) in [5.74, 6) is -0.827. The number of hydrogen-bond acceptors (Lipinski definition) is 11. The molecule has 0 bridgehead atoms. The van der Waals surface area contributed by atoms with Crippen LogP contribution in [0.2, 0.25) is 0 Å². The molecular weight excluding hydrogens is 753 g/mol. The van der Waals surface area contributed by atoms with E-state index in [1.54, 1.807) is 6.92 Å². The Kier molecular flexibility index (Phi) is 13.7. The monoisotopic (exact) mass is 804 g/mol. The summed E-state index contributed by atoms with van der Waals surface area (Å²) >= 11 is 0. The van der Waals surface area contributed by atoms with Crippen molar-refractivity contribution in [2.75, 3.05) is 51.1 Å². The number of benzene rings is 3. The zero-order chi connectivity index (χ0) is 41.1. The number of aliphatic hydroxyl groups excluding tert-OH is 2. The molecule has 0 spiro atoms. The molecule has 2 aliphatic rings. The smallest absolute Gasteiger partial charge is 0.314 e. The van der Waals surface area contributed by atoms with E-state index in [1.165, 1.54) is 16.5 Å². The number of amides is 4. The third-order valence-electron chi connectivity index (χ3n) is 10.8. The molecule has 2 saturated heterocycles. The molecule has 4 atom stereocenters. The van der Waals surface area contributed by atoms with E-state index in [0.717, 1.165) is 43.6 Å². The van der Waals surface area contributed by atoms with Crippen molar-refractivity contribution < 1.29 is 29.3 Å². The minimum absolute atomic E-state index is 0.0978. The Bertz CT molecular complexity index is 2110. The van der Waals surface area contributed by atoms with Crippen molar-refractivity contribution in [3.05, 3.63) is 120 Å². The van der Waals surface area contributed by atoms with Crippen LogP contribution in [-0.2, 0) is 16.1 Å². The van der Waals surface area contributed by atoms with Gasteiger partial charge < -0.3 is 41.5 Å². The Morgan fingerprint density at radius 3 is 2.12 bits per heavy atom. The number of urea groups is 1. The van der Waals surface area contributed by atoms with Gasteiger partial charge in [0.2, 0.25) is 5.82 Å². The number of likely N-dealkylation sites (tertiary alicyclic amines) is 1. The van der Waals surface area contributed by atoms with Crippen molar-refractivity contribution in [2.24, 2.45) is 5.92 Å². The third kappa shape index (κ3) is 10.2. The number of carbonyl (C=O) groups is 3. The molecule has 0 unspecified atom stereocenters. The summed E-state index contributed by atoms with van der Waals surface area (Å²) in [6.45, 7) is 6.14. The molecule has 0 radical (unpaired) electrons. The number of fused-ring (bicyclic) bond motifs is 1. The lowest BCUT2D eigenvalue weighted by atomic mass is 9.91. The second kappa shape index (κ2) is 19.7. The van der Waals surface area contributed by atoms with Gasteiger partial charge in [-0.15, -0.1) is 0 Å². The number of hydrogen-bond donors (Lipinski definition) is 7. The van der Waals surface area contributed by atoms with Crippen LogP contribution < -0.4 is 26.6 Å². The lowest BCUT2D eigenvalue weighted by Crippen LogP contribution is -2.43. The van der Waals surface area contributed by atoms with Crippen LogP contribution in [0.25, 0.3) is 11.2 Å². The standard InChI is InChI=1S/C43H52N10O6/c1-2-44-40(56)36-34(54)35(55)42(59-36)53-27-49-33-37(47-25-32(30-14-8-4-9-15-30)31-16-10-5-11-17-31)50-38(51-39(33)53)41(57)45-20-21-46-43(58)48-24-28-18-22-52(23-19-28)26-29-12-6-3-7-13-29/h3-17,27-28,32,34-36,42,54-55H,2,18-26H2,1H3,(H,44,56)(H,45,57)(H2,46,48,58)(H,47,50,51)/t34-,35+,36-,42+/m0/s1. The minimum Gasteiger partial charge on any atom is -0.387 e. The van der Waals surface area contributed by atoms with Crippen LogP contribution in [0.1, 0.15) is 59.2 Å². The predicted octanol–water partition coefficient (Wildman–Crippen LogP) is 2.77. The molecule has 3 aromatic carbocycles. The lowest BCUT2D eigenvalue weighted by molar-refractivity contribution is -0.137. The summed E-state index contributed by atoms with van der Waals surface area (Å²) in [6, 6.07) is 30.1. The highest BCUT2D eigenvalue weighted by molar-refractivity contribution is 5.94. The topological polar surface area (TPSA) is 208 Å². The first kappa shape index (κ1) is 41.2. The van der Waals surface area contributed by atoms with Crippen molar-refractivity contribution in [1.82, 2.24) is 45.7 Å². The molecule has 16 heteroatoms. The number of aromatic nitrogens is 4. The normalized spacial score (nSPS) is 19.7. The first-order valence-corrected chi connectivity index (χ1v) is 20.2. The molecule has 16 nitrogen and oxygen atoms in total. The van der Waals surface area contributed by atoms with E-state index in [2.05, 4.69) is 70.7 Å². The summed E-state index contributed by atoms with van der Waals surface area (Å²) in [4.78, 5) is 55.0. The van der Waals surface area contributed by atoms with Crippen LogP contribution in [0.3, 0.4) is 0 Å². The van der Waals surface area contributed by atoms with Gasteiger partial charge in [0.1, 0.15) is 12.2 Å². The van der Waals surface area contributed by atoms with Gasteiger partial charge in [-0.1, -0.05) is 91.0 Å². The fraction of sp³-hybridized carbons (Fsp3) is 0.395. The number of nitrogens with zero attached hydrogens (tertiary/aromatic N) is 5. The van der Waals surface area contributed by atoms with Crippen molar-refractivity contribution >= 4 is 34.8 Å². The van der Waals surface area contributed by atoms with Gasteiger partial charge in [-0.05, 0) is 55.5 Å². The zero-order valence-electron chi connectivity index (χ0n) is 33.0. The summed E-state index contributed by atoms with van der Waals surface area (Å²) in [7, 11) is 0. The quantitative estimate of drug-likeness (QED) is 0.0722. The van der Waals surface area contributed by atoms with Crippen LogP contribution in [-0.4, -0.2) is 117 Å². The number of likely N-dealkylation sites (N-methyl/N-ethyl adjacent to an activating group) is 1. The van der Waals surface area contributed by atoms with E-state index in [1.807, 2.05) is 66.7 Å². The van der Waals surface area contributed by atoms with Crippen LogP contribution in [0.5, 0.6) is 0 Å². The SMILES string of the molecule is CCNC(=O)[C@H]1O[C@@H](n2cnc3c(NCC(c4ccccc4)c4ccccc4)nc(C(=O)NCCNC(=O)NCC4CCN(Cc5ccccc5)CC4)nc32)[C@H](O)[C@@H]1O. The van der Waals surface area contributed by atoms with Crippen LogP contribution in [0.4, 0.5) is 10.6 Å². The van der Waals surface area contributed by atoms with Crippen molar-refractivity contribution in [1.29, 1.82) is 0 Å². The van der Waals surface area contributed by atoms with E-state index in [-0.39, 0.29) is 47.8 Å². The third-order valence-corrected chi connectivity index (χ3v) is 10.8. The molecule has 0 aliphatic carbocycles. The lowest BCUT2D eigenvalue weighted by Gasteiger charge is -2.32. The Morgan fingerprint density at radius 1 is 0.814 bits per heavy atom. The van der Waals surface area contributed by atoms with Gasteiger partial charge in [-0.2, -0.15) is 0 Å². The number of nitrogens with one attached hydrogen (secondary N) is 5. The highest BCUT2D eigenvalue weighted by Crippen LogP contribution is 2.33. The van der Waals surface area contributed by atoms with E-state index >= 15 is 0 Å². The highest BCUT2D eigenvalue weighted by Gasteiger charge is 2.47. The number of piperidine rings is 1. The number of imidazole rings is 1.